The average Bonchev–Trinajstić information content (AvgIpc) is 1.97. The van der Waals surface area contributed by atoms with E-state index in [4.69, 9.17) is 0 Å². The maximum absolute atomic E-state index is 3.47. The molecule has 0 spiro atoms. The molecule has 0 saturated heterocycles. The molecule has 0 aromatic heterocycles. The Morgan fingerprint density at radius 3 is 2.27 bits per heavy atom. The molecular formula is C10H23N. The molecule has 0 fully saturated rings. The van der Waals surface area contributed by atoms with E-state index in [0.717, 1.165) is 11.8 Å². The molecule has 0 aromatic carbocycles. The third-order valence-electron chi connectivity index (χ3n) is 2.31. The van der Waals surface area contributed by atoms with Gasteiger partial charge in [0, 0.05) is 0 Å². The van der Waals surface area contributed by atoms with Crippen LogP contribution in [0.4, 0.5) is 0 Å². The maximum Gasteiger partial charge on any atom is -0.00207 e. The standard InChI is InChI=1S/C10H23N/c1-5-6-7-11-8-10(4)9(2)3/h9-11H,5-8H2,1-4H3. The van der Waals surface area contributed by atoms with E-state index in [1.165, 1.54) is 25.9 Å². The molecule has 0 saturated carbocycles. The van der Waals surface area contributed by atoms with Gasteiger partial charge >= 0.3 is 0 Å². The molecule has 1 heteroatoms. The third kappa shape index (κ3) is 6.36. The van der Waals surface area contributed by atoms with Crippen LogP contribution in [0.3, 0.4) is 0 Å². The Morgan fingerprint density at radius 2 is 1.82 bits per heavy atom. The Hall–Kier alpha value is -0.0400. The van der Waals surface area contributed by atoms with Gasteiger partial charge in [0.1, 0.15) is 0 Å². The summed E-state index contributed by atoms with van der Waals surface area (Å²) in [5, 5.41) is 3.47. The predicted molar refractivity (Wildman–Crippen MR) is 51.8 cm³/mol. The molecule has 1 N–H and O–H groups in total. The van der Waals surface area contributed by atoms with Gasteiger partial charge < -0.3 is 5.32 Å². The van der Waals surface area contributed by atoms with E-state index in [1.807, 2.05) is 0 Å². The Labute approximate surface area is 71.6 Å². The second kappa shape index (κ2) is 6.66. The molecule has 68 valence electrons. The lowest BCUT2D eigenvalue weighted by atomic mass is 9.98. The van der Waals surface area contributed by atoms with Crippen LogP contribution in [0.2, 0.25) is 0 Å². The largest absolute Gasteiger partial charge is 0.316 e. The number of nitrogens with one attached hydrogen (secondary N) is 1. The SMILES string of the molecule is CCCCNCC(C)C(C)C. The van der Waals surface area contributed by atoms with Crippen LogP contribution in [0.15, 0.2) is 0 Å². The smallest absolute Gasteiger partial charge is 0.00207 e. The molecular weight excluding hydrogens is 134 g/mol. The molecule has 0 radical (unpaired) electrons. The molecule has 11 heavy (non-hydrogen) atoms. The van der Waals surface area contributed by atoms with Crippen molar-refractivity contribution in [2.24, 2.45) is 11.8 Å². The van der Waals surface area contributed by atoms with Gasteiger partial charge in [-0.15, -0.1) is 0 Å². The fraction of sp³-hybridized carbons (Fsp3) is 1.00. The molecule has 0 rings (SSSR count). The van der Waals surface area contributed by atoms with Gasteiger partial charge in [0.25, 0.3) is 0 Å². The van der Waals surface area contributed by atoms with Crippen molar-refractivity contribution < 1.29 is 0 Å². The van der Waals surface area contributed by atoms with Crippen molar-refractivity contribution in [3.63, 3.8) is 0 Å². The minimum absolute atomic E-state index is 0.809. The minimum atomic E-state index is 0.809. The summed E-state index contributed by atoms with van der Waals surface area (Å²) in [4.78, 5) is 0. The van der Waals surface area contributed by atoms with Crippen LogP contribution in [0.5, 0.6) is 0 Å². The van der Waals surface area contributed by atoms with Crippen LogP contribution in [-0.4, -0.2) is 13.1 Å². The first-order valence-electron chi connectivity index (χ1n) is 4.89. The zero-order valence-electron chi connectivity index (χ0n) is 8.48. The molecule has 0 amide bonds. The van der Waals surface area contributed by atoms with E-state index in [2.05, 4.69) is 33.0 Å². The van der Waals surface area contributed by atoms with Crippen LogP contribution in [-0.2, 0) is 0 Å². The molecule has 1 unspecified atom stereocenters. The molecule has 0 aliphatic rings. The first-order valence-corrected chi connectivity index (χ1v) is 4.89. The zero-order valence-corrected chi connectivity index (χ0v) is 8.48. The summed E-state index contributed by atoms with van der Waals surface area (Å²) in [6, 6.07) is 0. The van der Waals surface area contributed by atoms with Gasteiger partial charge in [-0.05, 0) is 31.3 Å². The fourth-order valence-corrected chi connectivity index (χ4v) is 0.867. The summed E-state index contributed by atoms with van der Waals surface area (Å²) >= 11 is 0. The monoisotopic (exact) mass is 157 g/mol. The van der Waals surface area contributed by atoms with Crippen LogP contribution in [0.25, 0.3) is 0 Å². The quantitative estimate of drug-likeness (QED) is 0.584. The summed E-state index contributed by atoms with van der Waals surface area (Å²) in [7, 11) is 0. The summed E-state index contributed by atoms with van der Waals surface area (Å²) in [5.74, 6) is 1.62. The highest BCUT2D eigenvalue weighted by molar-refractivity contribution is 4.59. The number of unbranched alkanes of at least 4 members (excludes halogenated alkanes) is 1. The fourth-order valence-electron chi connectivity index (χ4n) is 0.867. The molecule has 1 atom stereocenters. The van der Waals surface area contributed by atoms with Crippen molar-refractivity contribution in [3.8, 4) is 0 Å². The van der Waals surface area contributed by atoms with E-state index in [-0.39, 0.29) is 0 Å². The van der Waals surface area contributed by atoms with E-state index >= 15 is 0 Å². The van der Waals surface area contributed by atoms with Gasteiger partial charge in [0.2, 0.25) is 0 Å². The van der Waals surface area contributed by atoms with Crippen molar-refractivity contribution in [2.45, 2.75) is 40.5 Å². The second-order valence-corrected chi connectivity index (χ2v) is 3.78. The molecule has 0 aliphatic heterocycles. The van der Waals surface area contributed by atoms with Crippen molar-refractivity contribution >= 4 is 0 Å². The van der Waals surface area contributed by atoms with Crippen LogP contribution >= 0.6 is 0 Å². The van der Waals surface area contributed by atoms with Crippen molar-refractivity contribution in [1.82, 2.24) is 5.32 Å². The first kappa shape index (κ1) is 11.0. The highest BCUT2D eigenvalue weighted by Gasteiger charge is 2.04. The van der Waals surface area contributed by atoms with Crippen LogP contribution < -0.4 is 5.32 Å². The lowest BCUT2D eigenvalue weighted by Gasteiger charge is -2.15. The van der Waals surface area contributed by atoms with Crippen molar-refractivity contribution in [3.05, 3.63) is 0 Å². The maximum atomic E-state index is 3.47. The minimum Gasteiger partial charge on any atom is -0.316 e. The van der Waals surface area contributed by atoms with E-state index in [1.54, 1.807) is 0 Å². The van der Waals surface area contributed by atoms with Crippen molar-refractivity contribution in [2.75, 3.05) is 13.1 Å². The second-order valence-electron chi connectivity index (χ2n) is 3.78. The molecule has 0 bridgehead atoms. The van der Waals surface area contributed by atoms with Gasteiger partial charge in [0.05, 0.1) is 0 Å². The van der Waals surface area contributed by atoms with Gasteiger partial charge in [-0.3, -0.25) is 0 Å². The van der Waals surface area contributed by atoms with Gasteiger partial charge in [-0.25, -0.2) is 0 Å². The Bertz CT molecular complexity index is 78.9. The van der Waals surface area contributed by atoms with E-state index < -0.39 is 0 Å². The lowest BCUT2D eigenvalue weighted by Crippen LogP contribution is -2.24. The number of hydrogen-bond acceptors (Lipinski definition) is 1. The molecule has 1 nitrogen and oxygen atoms in total. The summed E-state index contributed by atoms with van der Waals surface area (Å²) < 4.78 is 0. The highest BCUT2D eigenvalue weighted by Crippen LogP contribution is 2.07. The van der Waals surface area contributed by atoms with E-state index in [0.29, 0.717) is 0 Å². The van der Waals surface area contributed by atoms with Crippen molar-refractivity contribution in [1.29, 1.82) is 0 Å². The molecule has 0 heterocycles. The summed E-state index contributed by atoms with van der Waals surface area (Å²) in [6.45, 7) is 11.5. The lowest BCUT2D eigenvalue weighted by molar-refractivity contribution is 0.392. The molecule has 0 aromatic rings. The highest BCUT2D eigenvalue weighted by atomic mass is 14.8. The van der Waals surface area contributed by atoms with Gasteiger partial charge in [-0.1, -0.05) is 34.1 Å². The number of hydrogen-bond donors (Lipinski definition) is 1. The molecule has 0 aliphatic carbocycles. The predicted octanol–water partition coefficient (Wildman–Crippen LogP) is 2.67. The normalized spacial score (nSPS) is 13.9. The topological polar surface area (TPSA) is 12.0 Å². The van der Waals surface area contributed by atoms with Gasteiger partial charge in [0.15, 0.2) is 0 Å². The summed E-state index contributed by atoms with van der Waals surface area (Å²) in [6.07, 6.45) is 2.61. The first-order chi connectivity index (χ1) is 5.18. The Kier molecular flexibility index (Phi) is 6.63. The Morgan fingerprint density at radius 1 is 1.18 bits per heavy atom. The van der Waals surface area contributed by atoms with E-state index in [9.17, 15) is 0 Å². The van der Waals surface area contributed by atoms with Crippen LogP contribution in [0, 0.1) is 11.8 Å². The van der Waals surface area contributed by atoms with Crippen LogP contribution in [0.1, 0.15) is 40.5 Å². The number of rotatable bonds is 6. The third-order valence-corrected chi connectivity index (χ3v) is 2.31. The summed E-state index contributed by atoms with van der Waals surface area (Å²) in [5.41, 5.74) is 0. The zero-order chi connectivity index (χ0) is 8.69. The average molecular weight is 157 g/mol. The Balaban J connectivity index is 3.10. The van der Waals surface area contributed by atoms with Gasteiger partial charge in [-0.2, -0.15) is 0 Å².